The van der Waals surface area contributed by atoms with E-state index in [0.29, 0.717) is 36.8 Å². The maximum absolute atomic E-state index is 12.0. The molecule has 0 bridgehead atoms. The van der Waals surface area contributed by atoms with Gasteiger partial charge in [0.2, 0.25) is 0 Å². The van der Waals surface area contributed by atoms with Gasteiger partial charge >= 0.3 is 0 Å². The zero-order valence-electron chi connectivity index (χ0n) is 13.2. The third kappa shape index (κ3) is 4.42. The highest BCUT2D eigenvalue weighted by Crippen LogP contribution is 2.31. The number of furan rings is 1. The summed E-state index contributed by atoms with van der Waals surface area (Å²) in [6.45, 7) is 2.93. The number of hydrogen-bond donors (Lipinski definition) is 1. The van der Waals surface area contributed by atoms with E-state index in [0.717, 1.165) is 5.56 Å². The van der Waals surface area contributed by atoms with E-state index < -0.39 is 0 Å². The van der Waals surface area contributed by atoms with Crippen LogP contribution in [0.4, 0.5) is 0 Å². The second kappa shape index (κ2) is 8.48. The topological polar surface area (TPSA) is 60.7 Å². The van der Waals surface area contributed by atoms with Gasteiger partial charge in [-0.15, -0.1) is 11.6 Å². The molecule has 1 aromatic heterocycles. The molecule has 124 valence electrons. The Morgan fingerprint density at radius 1 is 1.30 bits per heavy atom. The van der Waals surface area contributed by atoms with Crippen LogP contribution in [-0.4, -0.2) is 26.2 Å². The van der Waals surface area contributed by atoms with Crippen LogP contribution in [0.25, 0.3) is 0 Å². The van der Waals surface area contributed by atoms with Gasteiger partial charge in [0.25, 0.3) is 5.91 Å². The smallest absolute Gasteiger partial charge is 0.287 e. The van der Waals surface area contributed by atoms with Crippen LogP contribution in [0.15, 0.2) is 34.7 Å². The molecule has 1 N–H and O–H groups in total. The van der Waals surface area contributed by atoms with Crippen molar-refractivity contribution in [1.82, 2.24) is 5.32 Å². The summed E-state index contributed by atoms with van der Waals surface area (Å²) in [4.78, 5) is 12.0. The van der Waals surface area contributed by atoms with Crippen LogP contribution in [0.2, 0.25) is 0 Å². The first-order valence-corrected chi connectivity index (χ1v) is 7.94. The molecule has 0 aliphatic rings. The molecule has 0 fully saturated rings. The van der Waals surface area contributed by atoms with Crippen LogP contribution in [0, 0.1) is 0 Å². The molecule has 23 heavy (non-hydrogen) atoms. The molecule has 0 radical (unpaired) electrons. The lowest BCUT2D eigenvalue weighted by Crippen LogP contribution is -2.25. The molecule has 0 saturated heterocycles. The Kier molecular flexibility index (Phi) is 6.35. The number of para-hydroxylation sites is 1. The van der Waals surface area contributed by atoms with Gasteiger partial charge in [0.05, 0.1) is 19.6 Å². The van der Waals surface area contributed by atoms with E-state index in [1.54, 1.807) is 19.2 Å². The minimum Gasteiger partial charge on any atom is -0.493 e. The number of benzene rings is 1. The Hall–Kier alpha value is -2.14. The molecule has 2 rings (SSSR count). The van der Waals surface area contributed by atoms with Crippen molar-refractivity contribution in [1.29, 1.82) is 0 Å². The number of nitrogens with one attached hydrogen (secondary N) is 1. The maximum Gasteiger partial charge on any atom is 0.287 e. The summed E-state index contributed by atoms with van der Waals surface area (Å²) in [6.07, 6.45) is 0.626. The molecule has 2 aromatic rings. The molecule has 1 amide bonds. The van der Waals surface area contributed by atoms with Gasteiger partial charge in [-0.3, -0.25) is 4.79 Å². The van der Waals surface area contributed by atoms with Crippen molar-refractivity contribution >= 4 is 17.5 Å². The largest absolute Gasteiger partial charge is 0.493 e. The van der Waals surface area contributed by atoms with E-state index in [9.17, 15) is 4.79 Å². The molecular weight excluding hydrogens is 318 g/mol. The van der Waals surface area contributed by atoms with Crippen LogP contribution < -0.4 is 14.8 Å². The number of hydrogen-bond acceptors (Lipinski definition) is 4. The SMILES string of the molecule is CCOc1c(CCNC(=O)c2ccc(CCl)o2)cccc1OC. The zero-order valence-corrected chi connectivity index (χ0v) is 14.0. The van der Waals surface area contributed by atoms with Crippen molar-refractivity contribution in [3.05, 3.63) is 47.4 Å². The van der Waals surface area contributed by atoms with Gasteiger partial charge in [-0.25, -0.2) is 0 Å². The Morgan fingerprint density at radius 3 is 2.78 bits per heavy atom. The van der Waals surface area contributed by atoms with Crippen LogP contribution >= 0.6 is 11.6 Å². The summed E-state index contributed by atoms with van der Waals surface area (Å²) in [5.41, 5.74) is 0.979. The molecule has 0 aliphatic carbocycles. The second-order valence-electron chi connectivity index (χ2n) is 4.79. The number of methoxy groups -OCH3 is 1. The molecular formula is C17H20ClNO4. The summed E-state index contributed by atoms with van der Waals surface area (Å²) in [6, 6.07) is 9.01. The van der Waals surface area contributed by atoms with E-state index in [-0.39, 0.29) is 17.5 Å². The summed E-state index contributed by atoms with van der Waals surface area (Å²) >= 11 is 5.65. The molecule has 1 aromatic carbocycles. The quantitative estimate of drug-likeness (QED) is 0.750. The first-order valence-electron chi connectivity index (χ1n) is 7.41. The van der Waals surface area contributed by atoms with E-state index in [2.05, 4.69) is 5.32 Å². The molecule has 0 unspecified atom stereocenters. The third-order valence-corrected chi connectivity index (χ3v) is 3.53. The van der Waals surface area contributed by atoms with E-state index in [1.807, 2.05) is 25.1 Å². The van der Waals surface area contributed by atoms with Gasteiger partial charge in [0.1, 0.15) is 5.76 Å². The van der Waals surface area contributed by atoms with Crippen LogP contribution in [0.5, 0.6) is 11.5 Å². The predicted molar refractivity (Wildman–Crippen MR) is 88.5 cm³/mol. The number of amides is 1. The average molecular weight is 338 g/mol. The van der Waals surface area contributed by atoms with Gasteiger partial charge in [0.15, 0.2) is 17.3 Å². The number of carbonyl (C=O) groups excluding carboxylic acids is 1. The lowest BCUT2D eigenvalue weighted by Gasteiger charge is -2.14. The van der Waals surface area contributed by atoms with Crippen molar-refractivity contribution in [2.75, 3.05) is 20.3 Å². The molecule has 5 nitrogen and oxygen atoms in total. The van der Waals surface area contributed by atoms with E-state index in [1.165, 1.54) is 0 Å². The lowest BCUT2D eigenvalue weighted by atomic mass is 10.1. The molecule has 0 atom stereocenters. The Morgan fingerprint density at radius 2 is 2.13 bits per heavy atom. The number of ether oxygens (including phenoxy) is 2. The molecule has 0 saturated carbocycles. The van der Waals surface area contributed by atoms with Crippen molar-refractivity contribution < 1.29 is 18.7 Å². The minimum atomic E-state index is -0.262. The van der Waals surface area contributed by atoms with Crippen molar-refractivity contribution in [2.45, 2.75) is 19.2 Å². The Bertz CT molecular complexity index is 654. The highest BCUT2D eigenvalue weighted by atomic mass is 35.5. The molecule has 1 heterocycles. The first kappa shape index (κ1) is 17.2. The summed E-state index contributed by atoms with van der Waals surface area (Å²) < 4.78 is 16.3. The monoisotopic (exact) mass is 337 g/mol. The number of halogens is 1. The normalized spacial score (nSPS) is 10.4. The summed E-state index contributed by atoms with van der Waals surface area (Å²) in [7, 11) is 1.61. The Labute approximate surface area is 140 Å². The lowest BCUT2D eigenvalue weighted by molar-refractivity contribution is 0.0925. The van der Waals surface area contributed by atoms with Gasteiger partial charge in [-0.1, -0.05) is 12.1 Å². The van der Waals surface area contributed by atoms with Crippen molar-refractivity contribution in [2.24, 2.45) is 0 Å². The van der Waals surface area contributed by atoms with Crippen molar-refractivity contribution in [3.63, 3.8) is 0 Å². The number of rotatable bonds is 8. The average Bonchev–Trinajstić information content (AvgIpc) is 3.05. The van der Waals surface area contributed by atoms with E-state index >= 15 is 0 Å². The highest BCUT2D eigenvalue weighted by molar-refractivity contribution is 6.16. The second-order valence-corrected chi connectivity index (χ2v) is 5.05. The van der Waals surface area contributed by atoms with Gasteiger partial charge in [-0.2, -0.15) is 0 Å². The van der Waals surface area contributed by atoms with Crippen LogP contribution in [0.3, 0.4) is 0 Å². The summed E-state index contributed by atoms with van der Waals surface area (Å²) in [5.74, 6) is 2.22. The first-order chi connectivity index (χ1) is 11.2. The minimum absolute atomic E-state index is 0.245. The van der Waals surface area contributed by atoms with Gasteiger partial charge < -0.3 is 19.2 Å². The highest BCUT2D eigenvalue weighted by Gasteiger charge is 2.13. The fourth-order valence-corrected chi connectivity index (χ4v) is 2.34. The fraction of sp³-hybridized carbons (Fsp3) is 0.353. The van der Waals surface area contributed by atoms with E-state index in [4.69, 9.17) is 25.5 Å². The van der Waals surface area contributed by atoms with Crippen molar-refractivity contribution in [3.8, 4) is 11.5 Å². The van der Waals surface area contributed by atoms with Crippen LogP contribution in [0.1, 0.15) is 28.8 Å². The maximum atomic E-state index is 12.0. The molecule has 0 aliphatic heterocycles. The fourth-order valence-electron chi connectivity index (χ4n) is 2.20. The van der Waals surface area contributed by atoms with Gasteiger partial charge in [-0.05, 0) is 37.1 Å². The number of alkyl halides is 1. The number of carbonyl (C=O) groups is 1. The summed E-state index contributed by atoms with van der Waals surface area (Å²) in [5, 5.41) is 2.82. The molecule has 6 heteroatoms. The Balaban J connectivity index is 1.96. The predicted octanol–water partition coefficient (Wildman–Crippen LogP) is 3.40. The standard InChI is InChI=1S/C17H20ClNO4/c1-3-22-16-12(5-4-6-14(16)21-2)9-10-19-17(20)15-8-7-13(11-18)23-15/h4-8H,3,9-11H2,1-2H3,(H,19,20). The molecule has 0 spiro atoms. The third-order valence-electron chi connectivity index (χ3n) is 3.27. The zero-order chi connectivity index (χ0) is 16.7. The van der Waals surface area contributed by atoms with Gasteiger partial charge in [0, 0.05) is 6.54 Å². The van der Waals surface area contributed by atoms with Crippen LogP contribution in [-0.2, 0) is 12.3 Å².